The lowest BCUT2D eigenvalue weighted by Gasteiger charge is -2.31. The van der Waals surface area contributed by atoms with Crippen molar-refractivity contribution in [3.63, 3.8) is 0 Å². The Morgan fingerprint density at radius 1 is 1.30 bits per heavy atom. The minimum absolute atomic E-state index is 0.0845. The number of aromatic amines is 1. The van der Waals surface area contributed by atoms with Crippen molar-refractivity contribution < 1.29 is 5.11 Å². The highest BCUT2D eigenvalue weighted by molar-refractivity contribution is 6.11. The monoisotopic (exact) mass is 451 g/mol. The number of aliphatic hydroxyl groups is 1. The first-order valence-corrected chi connectivity index (χ1v) is 11.3. The maximum atomic E-state index is 12.3. The highest BCUT2D eigenvalue weighted by Crippen LogP contribution is 2.34. The van der Waals surface area contributed by atoms with E-state index in [9.17, 15) is 9.90 Å². The summed E-state index contributed by atoms with van der Waals surface area (Å²) in [5.74, 6) is 2.72. The Morgan fingerprint density at radius 2 is 2.12 bits per heavy atom. The number of nitrogens with zero attached hydrogens (tertiary/aromatic N) is 7. The summed E-state index contributed by atoms with van der Waals surface area (Å²) in [6.07, 6.45) is 5.85. The third kappa shape index (κ3) is 3.82. The summed E-state index contributed by atoms with van der Waals surface area (Å²) >= 11 is 0. The van der Waals surface area contributed by atoms with Crippen LogP contribution in [0.5, 0.6) is 0 Å². The number of hydrogen-bond donors (Lipinski definition) is 3. The number of aryl methyl sites for hydroxylation is 1. The average molecular weight is 452 g/mol. The second kappa shape index (κ2) is 8.14. The van der Waals surface area contributed by atoms with E-state index in [1.54, 1.807) is 13.2 Å². The number of pyridine rings is 1. The molecule has 0 unspecified atom stereocenters. The van der Waals surface area contributed by atoms with Gasteiger partial charge in [0.1, 0.15) is 17.2 Å². The fourth-order valence-corrected chi connectivity index (χ4v) is 4.16. The molecule has 5 rings (SSSR count). The van der Waals surface area contributed by atoms with Crippen molar-refractivity contribution in [2.24, 2.45) is 17.0 Å². The summed E-state index contributed by atoms with van der Waals surface area (Å²) in [5.41, 5.74) is 0.887. The van der Waals surface area contributed by atoms with Crippen LogP contribution in [0.2, 0.25) is 0 Å². The van der Waals surface area contributed by atoms with Gasteiger partial charge in [-0.3, -0.25) is 19.2 Å². The number of fused-ring (bicyclic) bond motifs is 1. The molecule has 1 saturated heterocycles. The van der Waals surface area contributed by atoms with Crippen molar-refractivity contribution in [1.82, 2.24) is 24.5 Å². The number of anilines is 2. The molecule has 3 aromatic rings. The van der Waals surface area contributed by atoms with Gasteiger partial charge in [-0.25, -0.2) is 9.98 Å². The summed E-state index contributed by atoms with van der Waals surface area (Å²) < 4.78 is 3.40. The predicted molar refractivity (Wildman–Crippen MR) is 128 cm³/mol. The van der Waals surface area contributed by atoms with Crippen LogP contribution in [-0.4, -0.2) is 67.6 Å². The molecule has 174 valence electrons. The minimum Gasteiger partial charge on any atom is -0.396 e. The molecule has 0 atom stereocenters. The molecular weight excluding hydrogens is 422 g/mol. The standard InChI is InChI=1S/C22H29N9O2/c1-22(2,6-10-32)31-16-11-18(24-12-14(16)20(28-31)30-8-4-9-30)26-17-5-7-23-19(27-17)15-13-25-29(3)21(15)33/h11-13,25,32H,4-10H2,1-3H3,(H,23,24,26,27). The third-order valence-electron chi connectivity index (χ3n) is 6.30. The molecule has 0 spiro atoms. The van der Waals surface area contributed by atoms with Crippen LogP contribution < -0.4 is 15.8 Å². The van der Waals surface area contributed by atoms with E-state index in [2.05, 4.69) is 44.1 Å². The first-order chi connectivity index (χ1) is 15.9. The fraction of sp³-hybridized carbons (Fsp3) is 0.500. The second-order valence-electron chi connectivity index (χ2n) is 9.14. The molecular formula is C22H29N9O2. The predicted octanol–water partition coefficient (Wildman–Crippen LogP) is 1.45. The largest absolute Gasteiger partial charge is 0.396 e. The summed E-state index contributed by atoms with van der Waals surface area (Å²) in [4.78, 5) is 28.1. The van der Waals surface area contributed by atoms with Crippen LogP contribution in [0.15, 0.2) is 33.2 Å². The van der Waals surface area contributed by atoms with Crippen LogP contribution in [0, 0.1) is 0 Å². The Hall–Kier alpha value is -3.47. The first-order valence-electron chi connectivity index (χ1n) is 11.3. The number of amidine groups is 2. The summed E-state index contributed by atoms with van der Waals surface area (Å²) in [6.45, 7) is 6.76. The molecule has 3 aromatic heterocycles. The summed E-state index contributed by atoms with van der Waals surface area (Å²) in [5, 5.41) is 21.7. The fourth-order valence-electron chi connectivity index (χ4n) is 4.16. The van der Waals surface area contributed by atoms with E-state index in [1.807, 2.05) is 16.9 Å². The van der Waals surface area contributed by atoms with Gasteiger partial charge in [-0.15, -0.1) is 0 Å². The van der Waals surface area contributed by atoms with E-state index in [0.717, 1.165) is 36.2 Å². The van der Waals surface area contributed by atoms with Gasteiger partial charge in [0, 0.05) is 58.2 Å². The molecule has 2 aliphatic rings. The van der Waals surface area contributed by atoms with Gasteiger partial charge in [-0.1, -0.05) is 0 Å². The van der Waals surface area contributed by atoms with E-state index < -0.39 is 0 Å². The van der Waals surface area contributed by atoms with Gasteiger partial charge in [0.15, 0.2) is 11.7 Å². The maximum absolute atomic E-state index is 12.3. The lowest BCUT2D eigenvalue weighted by Crippen LogP contribution is -2.38. The zero-order valence-electron chi connectivity index (χ0n) is 19.2. The van der Waals surface area contributed by atoms with E-state index in [0.29, 0.717) is 42.4 Å². The number of H-pyrrole nitrogens is 1. The van der Waals surface area contributed by atoms with Crippen LogP contribution in [-0.2, 0) is 12.6 Å². The molecule has 0 amide bonds. The Labute approximate surface area is 190 Å². The lowest BCUT2D eigenvalue weighted by atomic mass is 10.0. The molecule has 0 saturated carbocycles. The van der Waals surface area contributed by atoms with Crippen LogP contribution >= 0.6 is 0 Å². The van der Waals surface area contributed by atoms with E-state index >= 15 is 0 Å². The minimum atomic E-state index is -0.356. The SMILES string of the molecule is Cn1[nH]cc(C2=NCCC(Nc3cc4c(cn3)c(N3CCC3)nn4C(C)(C)CCO)=N2)c1=O. The number of rotatable bonds is 6. The summed E-state index contributed by atoms with van der Waals surface area (Å²) in [7, 11) is 1.66. The summed E-state index contributed by atoms with van der Waals surface area (Å²) in [6, 6.07) is 1.98. The Morgan fingerprint density at radius 3 is 2.79 bits per heavy atom. The van der Waals surface area contributed by atoms with Crippen molar-refractivity contribution in [2.45, 2.75) is 38.6 Å². The number of hydrogen-bond acceptors (Lipinski definition) is 8. The molecule has 11 nitrogen and oxygen atoms in total. The molecule has 11 heteroatoms. The van der Waals surface area contributed by atoms with Crippen molar-refractivity contribution >= 4 is 34.2 Å². The lowest BCUT2D eigenvalue weighted by molar-refractivity contribution is 0.205. The third-order valence-corrected chi connectivity index (χ3v) is 6.30. The van der Waals surface area contributed by atoms with Gasteiger partial charge in [0.05, 0.1) is 16.4 Å². The quantitative estimate of drug-likeness (QED) is 0.520. The molecule has 3 N–H and O–H groups in total. The molecule has 1 fully saturated rings. The van der Waals surface area contributed by atoms with Gasteiger partial charge in [0.25, 0.3) is 5.56 Å². The van der Waals surface area contributed by atoms with Gasteiger partial charge in [-0.05, 0) is 26.7 Å². The molecule has 0 radical (unpaired) electrons. The average Bonchev–Trinajstić information content (AvgIpc) is 3.28. The molecule has 5 heterocycles. The van der Waals surface area contributed by atoms with Gasteiger partial charge in [-0.2, -0.15) is 5.10 Å². The highest BCUT2D eigenvalue weighted by Gasteiger charge is 2.28. The maximum Gasteiger partial charge on any atom is 0.277 e. The first kappa shape index (κ1) is 21.4. The van der Waals surface area contributed by atoms with E-state index in [4.69, 9.17) is 5.10 Å². The molecule has 0 aromatic carbocycles. The van der Waals surface area contributed by atoms with E-state index in [1.165, 1.54) is 4.68 Å². The van der Waals surface area contributed by atoms with Gasteiger partial charge in [0.2, 0.25) is 0 Å². The number of aromatic nitrogens is 5. The topological polar surface area (TPSA) is 129 Å². The van der Waals surface area contributed by atoms with Gasteiger partial charge < -0.3 is 20.4 Å². The van der Waals surface area contributed by atoms with Crippen LogP contribution in [0.3, 0.4) is 0 Å². The molecule has 0 bridgehead atoms. The van der Waals surface area contributed by atoms with Gasteiger partial charge >= 0.3 is 0 Å². The second-order valence-corrected chi connectivity index (χ2v) is 9.14. The zero-order chi connectivity index (χ0) is 23.2. The Balaban J connectivity index is 1.49. The molecule has 2 aliphatic heterocycles. The van der Waals surface area contributed by atoms with Crippen LogP contribution in [0.1, 0.15) is 38.7 Å². The smallest absolute Gasteiger partial charge is 0.277 e. The number of aliphatic imine (C=N–C) groups is 2. The van der Waals surface area contributed by atoms with Crippen molar-refractivity contribution in [3.05, 3.63) is 34.4 Å². The Bertz CT molecular complexity index is 1310. The van der Waals surface area contributed by atoms with Crippen molar-refractivity contribution in [1.29, 1.82) is 0 Å². The van der Waals surface area contributed by atoms with Crippen molar-refractivity contribution in [3.8, 4) is 0 Å². The van der Waals surface area contributed by atoms with Crippen LogP contribution in [0.4, 0.5) is 11.6 Å². The van der Waals surface area contributed by atoms with E-state index in [-0.39, 0.29) is 17.7 Å². The Kier molecular flexibility index (Phi) is 5.28. The number of aliphatic hydroxyl groups excluding tert-OH is 1. The molecule has 0 aliphatic carbocycles. The highest BCUT2D eigenvalue weighted by atomic mass is 16.3. The zero-order valence-corrected chi connectivity index (χ0v) is 19.2. The number of nitrogens with one attached hydrogen (secondary N) is 2. The van der Waals surface area contributed by atoms with Crippen LogP contribution in [0.25, 0.3) is 10.9 Å². The normalized spacial score (nSPS) is 16.5. The van der Waals surface area contributed by atoms with Crippen molar-refractivity contribution in [2.75, 3.05) is 36.5 Å². The molecule has 33 heavy (non-hydrogen) atoms.